The van der Waals surface area contributed by atoms with Crippen molar-refractivity contribution in [3.63, 3.8) is 0 Å². The van der Waals surface area contributed by atoms with E-state index in [4.69, 9.17) is 15.2 Å². The molecule has 2 rings (SSSR count). The lowest BCUT2D eigenvalue weighted by molar-refractivity contribution is -0.119. The third-order valence-corrected chi connectivity index (χ3v) is 3.35. The summed E-state index contributed by atoms with van der Waals surface area (Å²) >= 11 is 0. The molecule has 7 heteroatoms. The zero-order chi connectivity index (χ0) is 17.7. The number of carbonyl (C=O) groups is 1. The number of anilines is 1. The quantitative estimate of drug-likeness (QED) is 0.815. The number of nitrogens with two attached hydrogens (primary N) is 1. The normalized spacial score (nSPS) is 11.7. The second-order valence-electron chi connectivity index (χ2n) is 5.12. The maximum Gasteiger partial charge on any atom is 0.255 e. The van der Waals surface area contributed by atoms with E-state index < -0.39 is 23.6 Å². The SMILES string of the molecule is COc1ccc(N[C@H](C)c2c(F)cccc2F)cc1OCC(N)=O. The van der Waals surface area contributed by atoms with E-state index in [9.17, 15) is 13.6 Å². The Hall–Kier alpha value is -2.83. The van der Waals surface area contributed by atoms with Gasteiger partial charge in [0.25, 0.3) is 5.91 Å². The average molecular weight is 336 g/mol. The second-order valence-corrected chi connectivity index (χ2v) is 5.12. The highest BCUT2D eigenvalue weighted by atomic mass is 19.1. The lowest BCUT2D eigenvalue weighted by Gasteiger charge is -2.18. The Morgan fingerprint density at radius 3 is 2.46 bits per heavy atom. The van der Waals surface area contributed by atoms with Crippen molar-refractivity contribution in [3.05, 3.63) is 53.6 Å². The molecule has 0 saturated heterocycles. The Kier molecular flexibility index (Phi) is 5.57. The molecule has 24 heavy (non-hydrogen) atoms. The summed E-state index contributed by atoms with van der Waals surface area (Å²) in [7, 11) is 1.46. The van der Waals surface area contributed by atoms with Gasteiger partial charge in [0.1, 0.15) is 11.6 Å². The molecule has 0 fully saturated rings. The van der Waals surface area contributed by atoms with Crippen molar-refractivity contribution in [3.8, 4) is 11.5 Å². The van der Waals surface area contributed by atoms with Gasteiger partial charge in [-0.1, -0.05) is 6.07 Å². The lowest BCUT2D eigenvalue weighted by Crippen LogP contribution is -2.20. The number of hydrogen-bond acceptors (Lipinski definition) is 4. The number of ether oxygens (including phenoxy) is 2. The number of methoxy groups -OCH3 is 1. The summed E-state index contributed by atoms with van der Waals surface area (Å²) < 4.78 is 38.1. The first kappa shape index (κ1) is 17.5. The first-order chi connectivity index (χ1) is 11.4. The van der Waals surface area contributed by atoms with Gasteiger partial charge in [-0.25, -0.2) is 8.78 Å². The number of benzene rings is 2. The van der Waals surface area contributed by atoms with Crippen molar-refractivity contribution in [1.82, 2.24) is 0 Å². The van der Waals surface area contributed by atoms with E-state index in [0.29, 0.717) is 17.2 Å². The Bertz CT molecular complexity index is 718. The monoisotopic (exact) mass is 336 g/mol. The van der Waals surface area contributed by atoms with E-state index in [1.54, 1.807) is 25.1 Å². The van der Waals surface area contributed by atoms with Crippen LogP contribution in [-0.2, 0) is 4.79 Å². The number of carbonyl (C=O) groups excluding carboxylic acids is 1. The van der Waals surface area contributed by atoms with Crippen LogP contribution in [0, 0.1) is 11.6 Å². The Balaban J connectivity index is 2.23. The molecule has 0 bridgehead atoms. The summed E-state index contributed by atoms with van der Waals surface area (Å²) in [4.78, 5) is 10.9. The zero-order valence-electron chi connectivity index (χ0n) is 13.3. The van der Waals surface area contributed by atoms with Crippen molar-refractivity contribution < 1.29 is 23.0 Å². The maximum absolute atomic E-state index is 13.8. The van der Waals surface area contributed by atoms with Crippen LogP contribution in [0.4, 0.5) is 14.5 Å². The molecule has 0 heterocycles. The fraction of sp³-hybridized carbons (Fsp3) is 0.235. The van der Waals surface area contributed by atoms with Crippen LogP contribution in [0.1, 0.15) is 18.5 Å². The third-order valence-electron chi connectivity index (χ3n) is 3.35. The van der Waals surface area contributed by atoms with E-state index in [1.165, 1.54) is 25.3 Å². The lowest BCUT2D eigenvalue weighted by atomic mass is 10.1. The van der Waals surface area contributed by atoms with Gasteiger partial charge in [0.2, 0.25) is 0 Å². The molecule has 0 aliphatic heterocycles. The number of halogens is 2. The molecule has 128 valence electrons. The smallest absolute Gasteiger partial charge is 0.255 e. The van der Waals surface area contributed by atoms with Crippen molar-refractivity contribution >= 4 is 11.6 Å². The molecule has 0 aliphatic carbocycles. The molecule has 5 nitrogen and oxygen atoms in total. The standard InChI is InChI=1S/C17H18F2N2O3/c1-10(17-12(18)4-3-5-13(17)19)21-11-6-7-14(23-2)15(8-11)24-9-16(20)22/h3-8,10,21H,9H2,1-2H3,(H2,20,22)/t10-/m1/s1. The number of primary amides is 1. The van der Waals surface area contributed by atoms with Crippen LogP contribution in [-0.4, -0.2) is 19.6 Å². The fourth-order valence-corrected chi connectivity index (χ4v) is 2.27. The Labute approximate surface area is 138 Å². The largest absolute Gasteiger partial charge is 0.493 e. The Morgan fingerprint density at radius 2 is 1.88 bits per heavy atom. The van der Waals surface area contributed by atoms with Crippen LogP contribution in [0.25, 0.3) is 0 Å². The topological polar surface area (TPSA) is 73.6 Å². The summed E-state index contributed by atoms with van der Waals surface area (Å²) in [6.45, 7) is 1.33. The molecule has 3 N–H and O–H groups in total. The van der Waals surface area contributed by atoms with Gasteiger partial charge in [-0.15, -0.1) is 0 Å². The van der Waals surface area contributed by atoms with E-state index in [-0.39, 0.29) is 12.2 Å². The van der Waals surface area contributed by atoms with E-state index in [0.717, 1.165) is 0 Å². The molecule has 2 aromatic carbocycles. The first-order valence-electron chi connectivity index (χ1n) is 7.22. The molecular formula is C17H18F2N2O3. The van der Waals surface area contributed by atoms with Gasteiger partial charge in [-0.3, -0.25) is 4.79 Å². The van der Waals surface area contributed by atoms with Gasteiger partial charge < -0.3 is 20.5 Å². The van der Waals surface area contributed by atoms with Crippen LogP contribution < -0.4 is 20.5 Å². The summed E-state index contributed by atoms with van der Waals surface area (Å²) in [5, 5.41) is 2.99. The molecule has 1 atom stereocenters. The minimum atomic E-state index is -0.631. The van der Waals surface area contributed by atoms with E-state index in [2.05, 4.69) is 5.32 Å². The van der Waals surface area contributed by atoms with E-state index >= 15 is 0 Å². The molecule has 1 amide bonds. The second kappa shape index (κ2) is 7.63. The Morgan fingerprint density at radius 1 is 1.21 bits per heavy atom. The number of hydrogen-bond donors (Lipinski definition) is 2. The molecule has 0 aliphatic rings. The van der Waals surface area contributed by atoms with Gasteiger partial charge in [0.15, 0.2) is 18.1 Å². The van der Waals surface area contributed by atoms with Gasteiger partial charge in [-0.05, 0) is 31.2 Å². The predicted molar refractivity (Wildman–Crippen MR) is 86.1 cm³/mol. The summed E-state index contributed by atoms with van der Waals surface area (Å²) in [5.41, 5.74) is 5.54. The molecule has 0 aromatic heterocycles. The zero-order valence-corrected chi connectivity index (χ0v) is 13.3. The highest BCUT2D eigenvalue weighted by molar-refractivity contribution is 5.75. The summed E-state index contributed by atoms with van der Waals surface area (Å²) in [5.74, 6) is -1.19. The average Bonchev–Trinajstić information content (AvgIpc) is 2.53. The minimum Gasteiger partial charge on any atom is -0.493 e. The molecule has 0 radical (unpaired) electrons. The summed E-state index contributed by atoms with van der Waals surface area (Å²) in [6, 6.07) is 7.94. The minimum absolute atomic E-state index is 0.0621. The van der Waals surface area contributed by atoms with Crippen LogP contribution in [0.3, 0.4) is 0 Å². The number of nitrogens with one attached hydrogen (secondary N) is 1. The van der Waals surface area contributed by atoms with Gasteiger partial charge in [-0.2, -0.15) is 0 Å². The summed E-state index contributed by atoms with van der Waals surface area (Å²) in [6.07, 6.45) is 0. The van der Waals surface area contributed by atoms with Gasteiger partial charge in [0.05, 0.1) is 13.2 Å². The van der Waals surface area contributed by atoms with Gasteiger partial charge in [0, 0.05) is 17.3 Å². The van der Waals surface area contributed by atoms with Crippen molar-refractivity contribution in [2.24, 2.45) is 5.73 Å². The van der Waals surface area contributed by atoms with E-state index in [1.807, 2.05) is 0 Å². The highest BCUT2D eigenvalue weighted by Crippen LogP contribution is 2.32. The predicted octanol–water partition coefficient (Wildman–Crippen LogP) is 3.01. The maximum atomic E-state index is 13.8. The molecule has 2 aromatic rings. The molecule has 0 unspecified atom stereocenters. The van der Waals surface area contributed by atoms with Crippen molar-refractivity contribution in [2.75, 3.05) is 19.0 Å². The molecule has 0 spiro atoms. The van der Waals surface area contributed by atoms with Gasteiger partial charge >= 0.3 is 0 Å². The van der Waals surface area contributed by atoms with Crippen molar-refractivity contribution in [1.29, 1.82) is 0 Å². The van der Waals surface area contributed by atoms with Crippen LogP contribution in [0.15, 0.2) is 36.4 Å². The molecular weight excluding hydrogens is 318 g/mol. The van der Waals surface area contributed by atoms with Crippen LogP contribution in [0.2, 0.25) is 0 Å². The molecule has 0 saturated carbocycles. The fourth-order valence-electron chi connectivity index (χ4n) is 2.27. The third kappa shape index (κ3) is 4.13. The van der Waals surface area contributed by atoms with Crippen LogP contribution in [0.5, 0.6) is 11.5 Å². The number of amides is 1. The first-order valence-corrected chi connectivity index (χ1v) is 7.22. The number of rotatable bonds is 7. The highest BCUT2D eigenvalue weighted by Gasteiger charge is 2.16. The van der Waals surface area contributed by atoms with Crippen molar-refractivity contribution in [2.45, 2.75) is 13.0 Å². The van der Waals surface area contributed by atoms with Crippen LogP contribution >= 0.6 is 0 Å².